The van der Waals surface area contributed by atoms with Crippen LogP contribution in [-0.4, -0.2) is 27.3 Å². The summed E-state index contributed by atoms with van der Waals surface area (Å²) in [7, 11) is 4.43. The molecule has 2 aromatic rings. The quantitative estimate of drug-likeness (QED) is 0.306. The number of ether oxygens (including phenoxy) is 4. The fourth-order valence-electron chi connectivity index (χ4n) is 2.78. The predicted octanol–water partition coefficient (Wildman–Crippen LogP) is 4.69. The average Bonchev–Trinajstić information content (AvgIpc) is 2.65. The van der Waals surface area contributed by atoms with Crippen LogP contribution < -0.4 is 9.47 Å². The Hall–Kier alpha value is -2.95. The van der Waals surface area contributed by atoms with Gasteiger partial charge in [0.15, 0.2) is 5.76 Å². The van der Waals surface area contributed by atoms with E-state index in [9.17, 15) is 4.79 Å². The van der Waals surface area contributed by atoms with Gasteiger partial charge >= 0.3 is 5.97 Å². The zero-order chi connectivity index (χ0) is 20.0. The van der Waals surface area contributed by atoms with Crippen LogP contribution in [0.5, 0.6) is 11.5 Å². The Morgan fingerprint density at radius 2 is 1.63 bits per heavy atom. The molecule has 0 N–H and O–H groups in total. The molecule has 2 rings (SSSR count). The maximum absolute atomic E-state index is 12.9. The second kappa shape index (κ2) is 9.12. The van der Waals surface area contributed by atoms with Crippen LogP contribution in [0.3, 0.4) is 0 Å². The summed E-state index contributed by atoms with van der Waals surface area (Å²) in [5.74, 6) is 0.874. The number of hydrogen-bond donors (Lipinski definition) is 0. The largest absolute Gasteiger partial charge is 0.496 e. The maximum atomic E-state index is 12.9. The first-order valence-corrected chi connectivity index (χ1v) is 8.71. The van der Waals surface area contributed by atoms with E-state index in [0.717, 1.165) is 11.1 Å². The van der Waals surface area contributed by atoms with Crippen molar-refractivity contribution < 1.29 is 23.7 Å². The van der Waals surface area contributed by atoms with Gasteiger partial charge in [0.1, 0.15) is 11.5 Å². The second-order valence-electron chi connectivity index (χ2n) is 6.35. The number of rotatable bonds is 7. The van der Waals surface area contributed by atoms with Gasteiger partial charge in [0.2, 0.25) is 5.76 Å². The van der Waals surface area contributed by atoms with E-state index < -0.39 is 5.97 Å². The van der Waals surface area contributed by atoms with E-state index in [1.807, 2.05) is 51.1 Å². The summed E-state index contributed by atoms with van der Waals surface area (Å²) in [6.07, 6.45) is 0. The highest BCUT2D eigenvalue weighted by Gasteiger charge is 2.24. The van der Waals surface area contributed by atoms with Crippen molar-refractivity contribution in [2.45, 2.75) is 26.7 Å². The molecule has 0 heterocycles. The van der Waals surface area contributed by atoms with Gasteiger partial charge in [-0.15, -0.1) is 0 Å². The molecule has 0 aliphatic heterocycles. The highest BCUT2D eigenvalue weighted by Crippen LogP contribution is 2.31. The van der Waals surface area contributed by atoms with Gasteiger partial charge in [-0.1, -0.05) is 38.1 Å². The monoisotopic (exact) mass is 370 g/mol. The van der Waals surface area contributed by atoms with Crippen LogP contribution in [0.15, 0.2) is 48.2 Å². The third kappa shape index (κ3) is 4.61. The van der Waals surface area contributed by atoms with E-state index in [1.54, 1.807) is 19.2 Å². The van der Waals surface area contributed by atoms with Gasteiger partial charge < -0.3 is 18.9 Å². The zero-order valence-corrected chi connectivity index (χ0v) is 16.7. The molecule has 5 nitrogen and oxygen atoms in total. The summed E-state index contributed by atoms with van der Waals surface area (Å²) in [5.41, 5.74) is 2.55. The standard InChI is InChI=1S/C22H26O5/c1-14(2)16-12-11-15(3)13-19(16)27-22(23)21(26-6)20(25-5)17-9-7-8-10-18(17)24-4/h7-14H,1-6H3. The predicted molar refractivity (Wildman–Crippen MR) is 105 cm³/mol. The third-order valence-electron chi connectivity index (χ3n) is 4.15. The van der Waals surface area contributed by atoms with Gasteiger partial charge in [0, 0.05) is 0 Å². The summed E-state index contributed by atoms with van der Waals surface area (Å²) in [4.78, 5) is 12.9. The first-order chi connectivity index (χ1) is 12.9. The Bertz CT molecular complexity index is 836. The molecule has 5 heteroatoms. The van der Waals surface area contributed by atoms with E-state index in [-0.39, 0.29) is 17.4 Å². The summed E-state index contributed by atoms with van der Waals surface area (Å²) in [6, 6.07) is 13.0. The molecule has 0 fully saturated rings. The number of methoxy groups -OCH3 is 3. The van der Waals surface area contributed by atoms with Gasteiger partial charge in [-0.25, -0.2) is 4.79 Å². The fourth-order valence-corrected chi connectivity index (χ4v) is 2.78. The number of esters is 1. The minimum atomic E-state index is -0.632. The Balaban J connectivity index is 2.48. The Kier molecular flexibility index (Phi) is 6.88. The van der Waals surface area contributed by atoms with Crippen molar-refractivity contribution in [2.75, 3.05) is 21.3 Å². The van der Waals surface area contributed by atoms with E-state index in [4.69, 9.17) is 18.9 Å². The van der Waals surface area contributed by atoms with Crippen LogP contribution in [0.4, 0.5) is 0 Å². The molecule has 27 heavy (non-hydrogen) atoms. The van der Waals surface area contributed by atoms with Gasteiger partial charge in [-0.2, -0.15) is 0 Å². The van der Waals surface area contributed by atoms with Crippen LogP contribution in [0.2, 0.25) is 0 Å². The lowest BCUT2D eigenvalue weighted by Gasteiger charge is -2.17. The molecular weight excluding hydrogens is 344 g/mol. The number of carbonyl (C=O) groups excluding carboxylic acids is 1. The molecule has 0 aliphatic rings. The van der Waals surface area contributed by atoms with Crippen LogP contribution >= 0.6 is 0 Å². The molecule has 0 aliphatic carbocycles. The van der Waals surface area contributed by atoms with Crippen molar-refractivity contribution in [3.05, 3.63) is 64.9 Å². The molecule has 0 aromatic heterocycles. The van der Waals surface area contributed by atoms with Crippen LogP contribution in [-0.2, 0) is 14.3 Å². The third-order valence-corrected chi connectivity index (χ3v) is 4.15. The summed E-state index contributed by atoms with van der Waals surface area (Å²) in [6.45, 7) is 6.04. The SMILES string of the molecule is COC(C(=O)Oc1cc(C)ccc1C(C)C)=C(OC)c1ccccc1OC. The smallest absolute Gasteiger partial charge is 0.383 e. The highest BCUT2D eigenvalue weighted by molar-refractivity contribution is 5.96. The van der Waals surface area contributed by atoms with E-state index in [2.05, 4.69) is 0 Å². The molecule has 0 radical (unpaired) electrons. The van der Waals surface area contributed by atoms with Crippen molar-refractivity contribution in [1.29, 1.82) is 0 Å². The van der Waals surface area contributed by atoms with Crippen LogP contribution in [0, 0.1) is 6.92 Å². The summed E-state index contributed by atoms with van der Waals surface area (Å²) in [5, 5.41) is 0. The molecule has 0 spiro atoms. The van der Waals surface area contributed by atoms with Crippen molar-refractivity contribution in [1.82, 2.24) is 0 Å². The second-order valence-corrected chi connectivity index (χ2v) is 6.35. The average molecular weight is 370 g/mol. The van der Waals surface area contributed by atoms with Crippen molar-refractivity contribution in [3.8, 4) is 11.5 Å². The number of benzene rings is 2. The Morgan fingerprint density at radius 3 is 2.22 bits per heavy atom. The first-order valence-electron chi connectivity index (χ1n) is 8.71. The topological polar surface area (TPSA) is 54.0 Å². The van der Waals surface area contributed by atoms with Crippen molar-refractivity contribution in [3.63, 3.8) is 0 Å². The van der Waals surface area contributed by atoms with E-state index in [1.165, 1.54) is 14.2 Å². The highest BCUT2D eigenvalue weighted by atomic mass is 16.6. The lowest BCUT2D eigenvalue weighted by atomic mass is 10.0. The summed E-state index contributed by atoms with van der Waals surface area (Å²) >= 11 is 0. The maximum Gasteiger partial charge on any atom is 0.383 e. The van der Waals surface area contributed by atoms with Gasteiger partial charge in [0.25, 0.3) is 0 Å². The van der Waals surface area contributed by atoms with Crippen LogP contribution in [0.25, 0.3) is 5.76 Å². The molecule has 0 saturated carbocycles. The molecule has 2 aromatic carbocycles. The van der Waals surface area contributed by atoms with E-state index >= 15 is 0 Å². The normalized spacial score (nSPS) is 11.7. The van der Waals surface area contributed by atoms with Gasteiger partial charge in [0.05, 0.1) is 26.9 Å². The molecule has 0 amide bonds. The lowest BCUT2D eigenvalue weighted by molar-refractivity contribution is -0.133. The van der Waals surface area contributed by atoms with Crippen molar-refractivity contribution >= 4 is 11.7 Å². The first kappa shape index (κ1) is 20.4. The Morgan fingerprint density at radius 1 is 0.926 bits per heavy atom. The van der Waals surface area contributed by atoms with Crippen molar-refractivity contribution in [2.24, 2.45) is 0 Å². The van der Waals surface area contributed by atoms with Gasteiger partial charge in [-0.05, 0) is 42.2 Å². The number of carbonyl (C=O) groups is 1. The number of aryl methyl sites for hydroxylation is 1. The minimum Gasteiger partial charge on any atom is -0.496 e. The molecule has 0 atom stereocenters. The zero-order valence-electron chi connectivity index (χ0n) is 16.7. The summed E-state index contributed by atoms with van der Waals surface area (Å²) < 4.78 is 21.9. The molecule has 144 valence electrons. The number of para-hydroxylation sites is 1. The van der Waals surface area contributed by atoms with E-state index in [0.29, 0.717) is 17.1 Å². The van der Waals surface area contributed by atoms with Gasteiger partial charge in [-0.3, -0.25) is 0 Å². The fraction of sp³-hybridized carbons (Fsp3) is 0.318. The molecule has 0 unspecified atom stereocenters. The Labute approximate surface area is 160 Å². The molecular formula is C22H26O5. The minimum absolute atomic E-state index is 0.0294. The lowest BCUT2D eigenvalue weighted by Crippen LogP contribution is -2.16. The molecule has 0 bridgehead atoms. The molecule has 0 saturated heterocycles. The number of hydrogen-bond acceptors (Lipinski definition) is 5. The van der Waals surface area contributed by atoms with Crippen LogP contribution in [0.1, 0.15) is 36.5 Å².